The van der Waals surface area contributed by atoms with Gasteiger partial charge in [-0.25, -0.2) is 0 Å². The van der Waals surface area contributed by atoms with E-state index in [-0.39, 0.29) is 0 Å². The van der Waals surface area contributed by atoms with Crippen LogP contribution >= 0.6 is 0 Å². The predicted octanol–water partition coefficient (Wildman–Crippen LogP) is 1.10. The number of aliphatic hydroxyl groups excluding tert-OH is 1. The van der Waals surface area contributed by atoms with Crippen LogP contribution in [0.4, 0.5) is 8.78 Å². The van der Waals surface area contributed by atoms with Gasteiger partial charge in [0.15, 0.2) is 0 Å². The van der Waals surface area contributed by atoms with E-state index in [0.29, 0.717) is 0 Å². The first-order valence-corrected chi connectivity index (χ1v) is 3.47. The maximum atomic E-state index is 13.8. The minimum atomic E-state index is -3.91. The highest BCUT2D eigenvalue weighted by atomic mass is 19.3. The number of nitrogens with two attached hydrogens (primary N) is 1. The maximum absolute atomic E-state index is 13.8. The zero-order chi connectivity index (χ0) is 14.2. The molecule has 0 fully saturated rings. The van der Waals surface area contributed by atoms with Gasteiger partial charge in [-0.2, -0.15) is 8.78 Å². The molecule has 0 amide bonds. The third-order valence-corrected chi connectivity index (χ3v) is 1.50. The average molecular weight is 192 g/mol. The molecule has 1 unspecified atom stereocenters. The van der Waals surface area contributed by atoms with Gasteiger partial charge in [0.25, 0.3) is 5.92 Å². The minimum absolute atomic E-state index is 0.762. The normalized spacial score (nSPS) is 19.5. The lowest BCUT2D eigenvalue weighted by molar-refractivity contribution is -0.0463. The second-order valence-electron chi connectivity index (χ2n) is 2.41. The Bertz CT molecular complexity index is 454. The van der Waals surface area contributed by atoms with E-state index in [9.17, 15) is 8.78 Å². The van der Waals surface area contributed by atoms with E-state index in [1.807, 2.05) is 0 Å². The van der Waals surface area contributed by atoms with Crippen LogP contribution in [0.25, 0.3) is 0 Å². The van der Waals surface area contributed by atoms with Crippen LogP contribution in [0, 0.1) is 0 Å². The van der Waals surface area contributed by atoms with Crippen molar-refractivity contribution in [2.45, 2.75) is 12.0 Å². The maximum Gasteiger partial charge on any atom is 0.290 e. The van der Waals surface area contributed by atoms with E-state index in [1.54, 1.807) is 0 Å². The molecule has 0 aromatic heterocycles. The topological polar surface area (TPSA) is 46.2 Å². The summed E-state index contributed by atoms with van der Waals surface area (Å²) < 4.78 is 64.2. The first kappa shape index (κ1) is 5.02. The van der Waals surface area contributed by atoms with Gasteiger partial charge >= 0.3 is 0 Å². The molecule has 0 aliphatic rings. The first-order valence-electron chi connectivity index (χ1n) is 5.97. The molecule has 0 saturated carbocycles. The second-order valence-corrected chi connectivity index (χ2v) is 2.41. The number of benzene rings is 1. The van der Waals surface area contributed by atoms with E-state index in [0.717, 1.165) is 0 Å². The summed E-state index contributed by atoms with van der Waals surface area (Å²) in [5.74, 6) is -3.91. The molecule has 0 radical (unpaired) electrons. The summed E-state index contributed by atoms with van der Waals surface area (Å²) in [5, 5.41) is 8.65. The van der Waals surface area contributed by atoms with Gasteiger partial charge < -0.3 is 10.8 Å². The molecule has 1 aromatic carbocycles. The third kappa shape index (κ3) is 2.02. The Labute approximate surface area is 82.0 Å². The van der Waals surface area contributed by atoms with Crippen LogP contribution in [0.15, 0.2) is 30.2 Å². The fourth-order valence-electron chi connectivity index (χ4n) is 0.717. The first-order chi connectivity index (χ1) is 8.16. The smallest absolute Gasteiger partial charge is 0.290 e. The molecular formula is C9H11F2NO. The molecular weight excluding hydrogens is 176 g/mol. The Balaban J connectivity index is 3.61. The van der Waals surface area contributed by atoms with Crippen LogP contribution in [0.3, 0.4) is 0 Å². The Morgan fingerprint density at radius 1 is 1.46 bits per heavy atom. The molecule has 0 bridgehead atoms. The molecule has 0 aliphatic carbocycles. The van der Waals surface area contributed by atoms with Crippen molar-refractivity contribution in [3.8, 4) is 0 Å². The molecule has 0 saturated heterocycles. The molecule has 3 N–H and O–H groups in total. The molecule has 0 heterocycles. The van der Waals surface area contributed by atoms with Crippen molar-refractivity contribution in [3.05, 3.63) is 35.8 Å². The van der Waals surface area contributed by atoms with E-state index < -0.39 is 54.3 Å². The number of hydrogen-bond donors (Lipinski definition) is 2. The predicted molar refractivity (Wildman–Crippen MR) is 45.4 cm³/mol. The summed E-state index contributed by atoms with van der Waals surface area (Å²) in [4.78, 5) is 0. The summed E-state index contributed by atoms with van der Waals surface area (Å²) >= 11 is 0. The number of hydrogen-bond acceptors (Lipinski definition) is 2. The molecule has 1 rings (SSSR count). The van der Waals surface area contributed by atoms with Crippen LogP contribution in [0.2, 0.25) is 0 Å². The summed E-state index contributed by atoms with van der Waals surface area (Å²) in [5.41, 5.74) is 3.82. The van der Waals surface area contributed by atoms with Gasteiger partial charge in [-0.3, -0.25) is 0 Å². The molecule has 72 valence electrons. The zero-order valence-electron chi connectivity index (χ0n) is 11.6. The summed E-state index contributed by atoms with van der Waals surface area (Å²) in [6.45, 7) is -1.07. The number of halogens is 2. The van der Waals surface area contributed by atoms with Crippen LogP contribution < -0.4 is 5.73 Å². The van der Waals surface area contributed by atoms with Crippen LogP contribution in [0.5, 0.6) is 0 Å². The molecule has 0 spiro atoms. The van der Waals surface area contributed by atoms with Crippen molar-refractivity contribution < 1.29 is 20.7 Å². The second kappa shape index (κ2) is 3.81. The quantitative estimate of drug-likeness (QED) is 0.753. The van der Waals surface area contributed by atoms with Gasteiger partial charge in [-0.1, -0.05) is 30.2 Å². The van der Waals surface area contributed by atoms with E-state index in [4.69, 9.17) is 17.7 Å². The SMILES string of the molecule is [2H]c1c([2H])c([2H])c(C(F)(F)C(N)CO)c([2H])c1[2H]. The fraction of sp³-hybridized carbons (Fsp3) is 0.333. The van der Waals surface area contributed by atoms with Gasteiger partial charge in [-0.05, 0) is 0 Å². The van der Waals surface area contributed by atoms with Gasteiger partial charge in [0.2, 0.25) is 0 Å². The molecule has 13 heavy (non-hydrogen) atoms. The minimum Gasteiger partial charge on any atom is -0.395 e. The Morgan fingerprint density at radius 2 is 2.00 bits per heavy atom. The van der Waals surface area contributed by atoms with Gasteiger partial charge in [-0.15, -0.1) is 0 Å². The van der Waals surface area contributed by atoms with Gasteiger partial charge in [0, 0.05) is 5.56 Å². The van der Waals surface area contributed by atoms with Crippen molar-refractivity contribution in [1.29, 1.82) is 0 Å². The summed E-state index contributed by atoms with van der Waals surface area (Å²) in [6, 6.07) is -6.57. The Hall–Kier alpha value is -1.00. The number of alkyl halides is 2. The van der Waals surface area contributed by atoms with Gasteiger partial charge in [0.1, 0.15) is 0 Å². The van der Waals surface area contributed by atoms with Crippen LogP contribution in [-0.4, -0.2) is 17.8 Å². The molecule has 0 aliphatic heterocycles. The fourth-order valence-corrected chi connectivity index (χ4v) is 0.717. The lowest BCUT2D eigenvalue weighted by Crippen LogP contribution is -2.41. The van der Waals surface area contributed by atoms with Crippen molar-refractivity contribution in [1.82, 2.24) is 0 Å². The molecule has 2 nitrogen and oxygen atoms in total. The van der Waals surface area contributed by atoms with E-state index in [2.05, 4.69) is 0 Å². The monoisotopic (exact) mass is 192 g/mol. The Morgan fingerprint density at radius 3 is 2.46 bits per heavy atom. The number of rotatable bonds is 3. The average Bonchev–Trinajstić information content (AvgIpc) is 2.32. The molecule has 4 heteroatoms. The highest BCUT2D eigenvalue weighted by molar-refractivity contribution is 5.21. The van der Waals surface area contributed by atoms with E-state index in [1.165, 1.54) is 0 Å². The third-order valence-electron chi connectivity index (χ3n) is 1.50. The summed E-state index contributed by atoms with van der Waals surface area (Å²) in [6.07, 6.45) is 0. The largest absolute Gasteiger partial charge is 0.395 e. The van der Waals surface area contributed by atoms with Gasteiger partial charge in [0.05, 0.1) is 19.5 Å². The van der Waals surface area contributed by atoms with Crippen molar-refractivity contribution in [2.24, 2.45) is 5.73 Å². The highest BCUT2D eigenvalue weighted by Crippen LogP contribution is 2.30. The Kier molecular flexibility index (Phi) is 1.47. The standard InChI is InChI=1S/C9H11F2NO/c10-9(11,8(12)6-13)7-4-2-1-3-5-7/h1-5,8,13H,6,12H2/i1D,2D,3D,4D,5D. The lowest BCUT2D eigenvalue weighted by Gasteiger charge is -2.21. The van der Waals surface area contributed by atoms with E-state index >= 15 is 0 Å². The van der Waals surface area contributed by atoms with Crippen LogP contribution in [0.1, 0.15) is 12.4 Å². The van der Waals surface area contributed by atoms with Crippen molar-refractivity contribution in [3.63, 3.8) is 0 Å². The number of aliphatic hydroxyl groups is 1. The molecule has 1 atom stereocenters. The molecule has 1 aromatic rings. The summed E-state index contributed by atoms with van der Waals surface area (Å²) in [7, 11) is 0. The van der Waals surface area contributed by atoms with Crippen molar-refractivity contribution in [2.75, 3.05) is 6.61 Å². The highest BCUT2D eigenvalue weighted by Gasteiger charge is 2.38. The lowest BCUT2D eigenvalue weighted by atomic mass is 10.0. The van der Waals surface area contributed by atoms with Crippen molar-refractivity contribution >= 4 is 0 Å². The van der Waals surface area contributed by atoms with Crippen LogP contribution in [-0.2, 0) is 5.92 Å². The zero-order valence-corrected chi connectivity index (χ0v) is 6.56.